The Bertz CT molecular complexity index is 553. The number of hydrogen-bond donors (Lipinski definition) is 2. The minimum atomic E-state index is -1.20. The zero-order chi connectivity index (χ0) is 23.2. The molecule has 4 heteroatoms. The van der Waals surface area contributed by atoms with E-state index in [0.717, 1.165) is 19.3 Å². The number of hydrogen-bond acceptors (Lipinski definition) is 2. The first kappa shape index (κ1) is 27.7. The molecule has 0 aliphatic heterocycles. The molecule has 0 aromatic heterocycles. The molecular weight excluding hydrogens is 388 g/mol. The molecule has 0 saturated heterocycles. The van der Waals surface area contributed by atoms with E-state index in [1.54, 1.807) is 0 Å². The fourth-order valence-corrected chi connectivity index (χ4v) is 5.50. The summed E-state index contributed by atoms with van der Waals surface area (Å²) in [4.78, 5) is 24.8. The number of unbranched alkanes of at least 4 members (excludes halogenated alkanes) is 12. The quantitative estimate of drug-likeness (QED) is 0.168. The summed E-state index contributed by atoms with van der Waals surface area (Å²) in [7, 11) is 0. The Hall–Kier alpha value is -1.32. The maximum atomic E-state index is 12.4. The van der Waals surface area contributed by atoms with Crippen molar-refractivity contribution in [2.75, 3.05) is 0 Å². The predicted octanol–water partition coefficient (Wildman–Crippen LogP) is 8.01. The Morgan fingerprint density at radius 3 is 1.48 bits per heavy atom. The highest BCUT2D eigenvalue weighted by Crippen LogP contribution is 2.55. The zero-order valence-electron chi connectivity index (χ0n) is 20.5. The third kappa shape index (κ3) is 8.27. The maximum Gasteiger partial charge on any atom is 0.311 e. The van der Waals surface area contributed by atoms with Crippen molar-refractivity contribution in [2.24, 2.45) is 16.7 Å². The smallest absolute Gasteiger partial charge is 0.311 e. The highest BCUT2D eigenvalue weighted by molar-refractivity contribution is 5.87. The molecule has 0 aromatic carbocycles. The molecule has 180 valence electrons. The molecule has 2 atom stereocenters. The number of rotatable bonds is 18. The van der Waals surface area contributed by atoms with Gasteiger partial charge in [0.25, 0.3) is 0 Å². The van der Waals surface area contributed by atoms with Crippen molar-refractivity contribution in [3.05, 3.63) is 12.2 Å². The number of carbonyl (C=O) groups is 2. The third-order valence-electron chi connectivity index (χ3n) is 7.30. The fraction of sp³-hybridized carbons (Fsp3) is 0.852. The Balaban J connectivity index is 2.42. The van der Waals surface area contributed by atoms with E-state index in [1.165, 1.54) is 64.2 Å². The molecule has 0 spiro atoms. The van der Waals surface area contributed by atoms with Crippen LogP contribution in [0.4, 0.5) is 0 Å². The lowest BCUT2D eigenvalue weighted by molar-refractivity contribution is -0.178. The van der Waals surface area contributed by atoms with Crippen LogP contribution >= 0.6 is 0 Å². The molecule has 2 unspecified atom stereocenters. The molecule has 1 aliphatic carbocycles. The zero-order valence-corrected chi connectivity index (χ0v) is 20.5. The average molecular weight is 437 g/mol. The Morgan fingerprint density at radius 1 is 0.710 bits per heavy atom. The maximum absolute atomic E-state index is 12.4. The monoisotopic (exact) mass is 436 g/mol. The van der Waals surface area contributed by atoms with Crippen molar-refractivity contribution in [3.8, 4) is 0 Å². The van der Waals surface area contributed by atoms with E-state index in [4.69, 9.17) is 0 Å². The van der Waals surface area contributed by atoms with Gasteiger partial charge in [-0.3, -0.25) is 9.59 Å². The molecule has 4 nitrogen and oxygen atoms in total. The molecule has 0 aromatic rings. The minimum Gasteiger partial charge on any atom is -0.481 e. The number of aliphatic carboxylic acids is 2. The molecule has 0 fully saturated rings. The summed E-state index contributed by atoms with van der Waals surface area (Å²) in [6.07, 6.45) is 21.4. The molecular formula is C27H48O4. The van der Waals surface area contributed by atoms with Gasteiger partial charge in [-0.05, 0) is 31.6 Å². The average Bonchev–Trinajstić information content (AvgIpc) is 2.71. The van der Waals surface area contributed by atoms with E-state index in [9.17, 15) is 19.8 Å². The molecule has 0 radical (unpaired) electrons. The standard InChI is InChI=1S/C27H48O4/c1-4-5-6-7-8-9-10-11-12-13-14-15-16-19-26(24(28)29)20-17-18-21-27(26,25(30)31)22-23(2)3/h17-18,23H,4-16,19-22H2,1-3H3,(H,28,29)(H,30,31). The summed E-state index contributed by atoms with van der Waals surface area (Å²) in [6.45, 7) is 6.23. The van der Waals surface area contributed by atoms with Crippen molar-refractivity contribution in [3.63, 3.8) is 0 Å². The highest BCUT2D eigenvalue weighted by Gasteiger charge is 2.60. The number of allylic oxidation sites excluding steroid dienone is 2. The van der Waals surface area contributed by atoms with Crippen molar-refractivity contribution < 1.29 is 19.8 Å². The van der Waals surface area contributed by atoms with E-state index in [1.807, 2.05) is 26.0 Å². The van der Waals surface area contributed by atoms with Crippen LogP contribution in [0, 0.1) is 16.7 Å². The van der Waals surface area contributed by atoms with Gasteiger partial charge in [-0.1, -0.05) is 116 Å². The molecule has 2 N–H and O–H groups in total. The van der Waals surface area contributed by atoms with Crippen LogP contribution in [0.15, 0.2) is 12.2 Å². The Labute approximate surface area is 190 Å². The van der Waals surface area contributed by atoms with E-state index < -0.39 is 22.8 Å². The normalized spacial score (nSPS) is 23.4. The highest BCUT2D eigenvalue weighted by atomic mass is 16.4. The van der Waals surface area contributed by atoms with Gasteiger partial charge in [0, 0.05) is 0 Å². The summed E-state index contributed by atoms with van der Waals surface area (Å²) in [6, 6.07) is 0. The lowest BCUT2D eigenvalue weighted by atomic mass is 9.53. The van der Waals surface area contributed by atoms with E-state index in [0.29, 0.717) is 25.7 Å². The second kappa shape index (κ2) is 14.7. The first-order valence-electron chi connectivity index (χ1n) is 12.9. The molecule has 1 rings (SSSR count). The minimum absolute atomic E-state index is 0.146. The molecule has 0 bridgehead atoms. The number of carboxylic acid groups (broad SMARTS) is 2. The molecule has 0 saturated carbocycles. The second-order valence-corrected chi connectivity index (χ2v) is 10.2. The molecule has 0 heterocycles. The van der Waals surface area contributed by atoms with Gasteiger partial charge in [0.2, 0.25) is 0 Å². The van der Waals surface area contributed by atoms with E-state index >= 15 is 0 Å². The van der Waals surface area contributed by atoms with Crippen LogP contribution in [-0.4, -0.2) is 22.2 Å². The van der Waals surface area contributed by atoms with Gasteiger partial charge < -0.3 is 10.2 Å². The molecule has 0 amide bonds. The van der Waals surface area contributed by atoms with Gasteiger partial charge in [-0.2, -0.15) is 0 Å². The summed E-state index contributed by atoms with van der Waals surface area (Å²) in [5, 5.41) is 20.3. The Morgan fingerprint density at radius 2 is 1.10 bits per heavy atom. The van der Waals surface area contributed by atoms with Crippen LogP contribution in [0.1, 0.15) is 130 Å². The van der Waals surface area contributed by atoms with Crippen LogP contribution in [0.5, 0.6) is 0 Å². The fourth-order valence-electron chi connectivity index (χ4n) is 5.50. The van der Waals surface area contributed by atoms with Crippen LogP contribution in [0.3, 0.4) is 0 Å². The van der Waals surface area contributed by atoms with Crippen LogP contribution in [-0.2, 0) is 9.59 Å². The van der Waals surface area contributed by atoms with Gasteiger partial charge in [0.05, 0.1) is 10.8 Å². The molecule has 1 aliphatic rings. The second-order valence-electron chi connectivity index (χ2n) is 10.2. The van der Waals surface area contributed by atoms with Crippen molar-refractivity contribution in [1.82, 2.24) is 0 Å². The van der Waals surface area contributed by atoms with Crippen LogP contribution in [0.2, 0.25) is 0 Å². The van der Waals surface area contributed by atoms with Crippen molar-refractivity contribution in [2.45, 2.75) is 130 Å². The van der Waals surface area contributed by atoms with E-state index in [-0.39, 0.29) is 5.92 Å². The van der Waals surface area contributed by atoms with Gasteiger partial charge in [-0.15, -0.1) is 0 Å². The van der Waals surface area contributed by atoms with Crippen molar-refractivity contribution in [1.29, 1.82) is 0 Å². The summed E-state index contributed by atoms with van der Waals surface area (Å²) in [5.41, 5.74) is -2.38. The summed E-state index contributed by atoms with van der Waals surface area (Å²) in [5.74, 6) is -1.73. The van der Waals surface area contributed by atoms with Gasteiger partial charge >= 0.3 is 11.9 Å². The van der Waals surface area contributed by atoms with Gasteiger partial charge in [-0.25, -0.2) is 0 Å². The first-order chi connectivity index (χ1) is 14.8. The van der Waals surface area contributed by atoms with Gasteiger partial charge in [0.1, 0.15) is 0 Å². The van der Waals surface area contributed by atoms with Crippen LogP contribution < -0.4 is 0 Å². The first-order valence-corrected chi connectivity index (χ1v) is 12.9. The molecule has 31 heavy (non-hydrogen) atoms. The van der Waals surface area contributed by atoms with Crippen molar-refractivity contribution >= 4 is 11.9 Å². The predicted molar refractivity (Wildman–Crippen MR) is 128 cm³/mol. The lowest BCUT2D eigenvalue weighted by Crippen LogP contribution is -2.54. The summed E-state index contributed by atoms with van der Waals surface area (Å²) >= 11 is 0. The summed E-state index contributed by atoms with van der Waals surface area (Å²) < 4.78 is 0. The Kier molecular flexibility index (Phi) is 13.1. The SMILES string of the molecule is CCCCCCCCCCCCCCCC1(C(=O)O)CC=CCC1(CC(C)C)C(=O)O. The van der Waals surface area contributed by atoms with Crippen LogP contribution in [0.25, 0.3) is 0 Å². The van der Waals surface area contributed by atoms with E-state index in [2.05, 4.69) is 6.92 Å². The van der Waals surface area contributed by atoms with Gasteiger partial charge in [0.15, 0.2) is 0 Å². The topological polar surface area (TPSA) is 74.6 Å². The lowest BCUT2D eigenvalue weighted by Gasteiger charge is -2.47. The largest absolute Gasteiger partial charge is 0.481 e. The number of carboxylic acids is 2. The third-order valence-corrected chi connectivity index (χ3v) is 7.30.